The Kier molecular flexibility index (Phi) is 6.86. The number of sulfonamides is 1. The monoisotopic (exact) mass is 414 g/mol. The van der Waals surface area contributed by atoms with Gasteiger partial charge in [-0.1, -0.05) is 27.6 Å². The van der Waals surface area contributed by atoms with E-state index in [-0.39, 0.29) is 12.5 Å². The average Bonchev–Trinajstić information content (AvgIpc) is 2.54. The molecule has 1 aromatic carbocycles. The Balaban J connectivity index is 1.92. The molecular formula is C17H23BrN2O3S. The van der Waals surface area contributed by atoms with Gasteiger partial charge in [0.15, 0.2) is 0 Å². The van der Waals surface area contributed by atoms with E-state index >= 15 is 0 Å². The largest absolute Gasteiger partial charge is 0.354 e. The summed E-state index contributed by atoms with van der Waals surface area (Å²) in [5.41, 5.74) is 1.86. The normalized spacial score (nSPS) is 14.8. The summed E-state index contributed by atoms with van der Waals surface area (Å²) in [6.07, 6.45) is 8.87. The van der Waals surface area contributed by atoms with Gasteiger partial charge in [0.1, 0.15) is 6.54 Å². The van der Waals surface area contributed by atoms with Crippen LogP contribution in [-0.2, 0) is 14.8 Å². The molecule has 0 aliphatic heterocycles. The van der Waals surface area contributed by atoms with Crippen molar-refractivity contribution in [1.29, 1.82) is 0 Å². The van der Waals surface area contributed by atoms with Crippen LogP contribution in [0.2, 0.25) is 0 Å². The minimum Gasteiger partial charge on any atom is -0.354 e. The first-order valence-corrected chi connectivity index (χ1v) is 10.7. The van der Waals surface area contributed by atoms with Crippen molar-refractivity contribution in [1.82, 2.24) is 5.32 Å². The summed E-state index contributed by atoms with van der Waals surface area (Å²) in [6.45, 7) is 0.335. The van der Waals surface area contributed by atoms with Gasteiger partial charge in [0.25, 0.3) is 0 Å². The van der Waals surface area contributed by atoms with E-state index in [1.807, 2.05) is 0 Å². The second-order valence-electron chi connectivity index (χ2n) is 5.95. The fourth-order valence-electron chi connectivity index (χ4n) is 2.69. The van der Waals surface area contributed by atoms with Crippen molar-refractivity contribution in [3.63, 3.8) is 0 Å². The number of nitrogens with zero attached hydrogens (tertiary/aromatic N) is 1. The van der Waals surface area contributed by atoms with Crippen LogP contribution < -0.4 is 9.62 Å². The fraction of sp³-hybridized carbons (Fsp3) is 0.471. The molecule has 0 bridgehead atoms. The van der Waals surface area contributed by atoms with Crippen LogP contribution in [0.1, 0.15) is 32.1 Å². The number of halogens is 1. The van der Waals surface area contributed by atoms with Gasteiger partial charge in [-0.05, 0) is 56.4 Å². The summed E-state index contributed by atoms with van der Waals surface area (Å²) in [5.74, 6) is -0.292. The number of nitrogens with one attached hydrogen (secondary N) is 1. The van der Waals surface area contributed by atoms with Gasteiger partial charge < -0.3 is 5.32 Å². The molecule has 0 saturated heterocycles. The predicted molar refractivity (Wildman–Crippen MR) is 101 cm³/mol. The van der Waals surface area contributed by atoms with Crippen LogP contribution in [0.4, 0.5) is 5.69 Å². The number of carbonyl (C=O) groups is 1. The maximum absolute atomic E-state index is 12.1. The highest BCUT2D eigenvalue weighted by molar-refractivity contribution is 9.10. The molecule has 0 radical (unpaired) electrons. The molecule has 132 valence electrons. The van der Waals surface area contributed by atoms with Crippen molar-refractivity contribution < 1.29 is 13.2 Å². The molecule has 0 heterocycles. The predicted octanol–water partition coefficient (Wildman–Crippen LogP) is 3.22. The van der Waals surface area contributed by atoms with Gasteiger partial charge >= 0.3 is 0 Å². The van der Waals surface area contributed by atoms with Crippen molar-refractivity contribution in [2.75, 3.05) is 23.7 Å². The third-order valence-electron chi connectivity index (χ3n) is 3.96. The number of amides is 1. The Bertz CT molecular complexity index is 699. The Morgan fingerprint density at radius 3 is 2.54 bits per heavy atom. The number of benzene rings is 1. The summed E-state index contributed by atoms with van der Waals surface area (Å²) in [5, 5.41) is 2.82. The number of carbonyl (C=O) groups excluding carboxylic acids is 1. The maximum atomic E-state index is 12.1. The van der Waals surface area contributed by atoms with Crippen molar-refractivity contribution >= 4 is 37.5 Å². The lowest BCUT2D eigenvalue weighted by Gasteiger charge is -2.22. The molecule has 2 rings (SSSR count). The van der Waals surface area contributed by atoms with E-state index in [0.29, 0.717) is 12.2 Å². The molecule has 0 aromatic heterocycles. The highest BCUT2D eigenvalue weighted by Gasteiger charge is 2.20. The smallest absolute Gasteiger partial charge is 0.240 e. The van der Waals surface area contributed by atoms with Crippen LogP contribution in [0.5, 0.6) is 0 Å². The molecule has 0 unspecified atom stereocenters. The summed E-state index contributed by atoms with van der Waals surface area (Å²) in [6, 6.07) is 6.85. The zero-order chi connectivity index (χ0) is 17.6. The molecule has 1 aliphatic rings. The molecule has 7 heteroatoms. The van der Waals surface area contributed by atoms with Gasteiger partial charge in [-0.25, -0.2) is 8.42 Å². The number of allylic oxidation sites excluding steroid dienone is 1. The zero-order valence-electron chi connectivity index (χ0n) is 13.8. The van der Waals surface area contributed by atoms with E-state index in [4.69, 9.17) is 0 Å². The molecule has 24 heavy (non-hydrogen) atoms. The molecule has 1 amide bonds. The second kappa shape index (κ2) is 8.67. The molecule has 1 aromatic rings. The summed E-state index contributed by atoms with van der Waals surface area (Å²) in [4.78, 5) is 12.1. The van der Waals surface area contributed by atoms with E-state index in [0.717, 1.165) is 34.3 Å². The lowest BCUT2D eigenvalue weighted by atomic mass is 9.97. The summed E-state index contributed by atoms with van der Waals surface area (Å²) < 4.78 is 26.0. The van der Waals surface area contributed by atoms with E-state index in [9.17, 15) is 13.2 Å². The van der Waals surface area contributed by atoms with Crippen LogP contribution in [0.15, 0.2) is 40.4 Å². The molecule has 0 fully saturated rings. The van der Waals surface area contributed by atoms with Crippen LogP contribution in [-0.4, -0.2) is 33.7 Å². The average molecular weight is 415 g/mol. The number of hydrogen-bond acceptors (Lipinski definition) is 3. The first-order chi connectivity index (χ1) is 11.4. The SMILES string of the molecule is CS(=O)(=O)N(CC(=O)NCCC1=CCCCC1)c1ccc(Br)cc1. The van der Waals surface area contributed by atoms with Gasteiger partial charge in [0.05, 0.1) is 11.9 Å². The molecule has 1 aliphatic carbocycles. The van der Waals surface area contributed by atoms with Gasteiger partial charge in [-0.15, -0.1) is 0 Å². The number of rotatable bonds is 7. The Labute approximate surface area is 152 Å². The van der Waals surface area contributed by atoms with Crippen LogP contribution >= 0.6 is 15.9 Å². The molecular weight excluding hydrogens is 392 g/mol. The van der Waals surface area contributed by atoms with Crippen LogP contribution in [0.25, 0.3) is 0 Å². The molecule has 1 N–H and O–H groups in total. The zero-order valence-corrected chi connectivity index (χ0v) is 16.2. The van der Waals surface area contributed by atoms with Gasteiger partial charge in [0.2, 0.25) is 15.9 Å². The third kappa shape index (κ3) is 5.94. The lowest BCUT2D eigenvalue weighted by molar-refractivity contribution is -0.119. The minimum atomic E-state index is -3.53. The summed E-state index contributed by atoms with van der Waals surface area (Å²) >= 11 is 3.32. The Morgan fingerprint density at radius 1 is 1.25 bits per heavy atom. The number of hydrogen-bond donors (Lipinski definition) is 1. The van der Waals surface area contributed by atoms with E-state index < -0.39 is 10.0 Å². The lowest BCUT2D eigenvalue weighted by Crippen LogP contribution is -2.40. The van der Waals surface area contributed by atoms with Crippen molar-refractivity contribution in [3.8, 4) is 0 Å². The van der Waals surface area contributed by atoms with Crippen LogP contribution in [0.3, 0.4) is 0 Å². The third-order valence-corrected chi connectivity index (χ3v) is 5.62. The first-order valence-electron chi connectivity index (χ1n) is 8.04. The highest BCUT2D eigenvalue weighted by Crippen LogP contribution is 2.21. The van der Waals surface area contributed by atoms with Crippen molar-refractivity contribution in [3.05, 3.63) is 40.4 Å². The van der Waals surface area contributed by atoms with E-state index in [1.54, 1.807) is 24.3 Å². The molecule has 0 atom stereocenters. The molecule has 0 spiro atoms. The van der Waals surface area contributed by atoms with E-state index in [2.05, 4.69) is 27.3 Å². The van der Waals surface area contributed by atoms with Crippen molar-refractivity contribution in [2.24, 2.45) is 0 Å². The number of anilines is 1. The first kappa shape index (κ1) is 19.0. The van der Waals surface area contributed by atoms with Gasteiger partial charge in [-0.3, -0.25) is 9.10 Å². The summed E-state index contributed by atoms with van der Waals surface area (Å²) in [7, 11) is -3.53. The maximum Gasteiger partial charge on any atom is 0.240 e. The second-order valence-corrected chi connectivity index (χ2v) is 8.78. The van der Waals surface area contributed by atoms with Crippen LogP contribution in [0, 0.1) is 0 Å². The molecule has 5 nitrogen and oxygen atoms in total. The Morgan fingerprint density at radius 2 is 1.96 bits per heavy atom. The highest BCUT2D eigenvalue weighted by atomic mass is 79.9. The van der Waals surface area contributed by atoms with E-state index in [1.165, 1.54) is 18.4 Å². The topological polar surface area (TPSA) is 66.5 Å². The van der Waals surface area contributed by atoms with Crippen molar-refractivity contribution in [2.45, 2.75) is 32.1 Å². The quantitative estimate of drug-likeness (QED) is 0.696. The van der Waals surface area contributed by atoms with Gasteiger partial charge in [-0.2, -0.15) is 0 Å². The fourth-order valence-corrected chi connectivity index (χ4v) is 3.81. The standard InChI is InChI=1S/C17H23BrN2O3S/c1-24(22,23)20(16-9-7-15(18)8-10-16)13-17(21)19-12-11-14-5-3-2-4-6-14/h5,7-10H,2-4,6,11-13H2,1H3,(H,19,21). The minimum absolute atomic E-state index is 0.209. The molecule has 0 saturated carbocycles. The van der Waals surface area contributed by atoms with Gasteiger partial charge in [0, 0.05) is 11.0 Å². The Hall–Kier alpha value is -1.34.